The van der Waals surface area contributed by atoms with Gasteiger partial charge in [0.2, 0.25) is 5.95 Å². The van der Waals surface area contributed by atoms with Gasteiger partial charge in [-0.3, -0.25) is 14.7 Å². The number of aromatic nitrogens is 4. The van der Waals surface area contributed by atoms with Crippen LogP contribution < -0.4 is 16.2 Å². The third-order valence-corrected chi connectivity index (χ3v) is 3.29. The van der Waals surface area contributed by atoms with E-state index in [4.69, 9.17) is 20.8 Å². The summed E-state index contributed by atoms with van der Waals surface area (Å²) in [5.41, 5.74) is 4.82. The lowest BCUT2D eigenvalue weighted by molar-refractivity contribution is -0.153. The molecule has 0 radical (unpaired) electrons. The van der Waals surface area contributed by atoms with Crippen LogP contribution in [-0.4, -0.2) is 53.8 Å². The topological polar surface area (TPSA) is 169 Å². The number of nitrogens with zero attached hydrogens (tertiary/aromatic N) is 3. The zero-order chi connectivity index (χ0) is 15.1. The molecule has 3 heterocycles. The van der Waals surface area contributed by atoms with Gasteiger partial charge in [-0.1, -0.05) is 0 Å². The first-order valence-electron chi connectivity index (χ1n) is 6.08. The fraction of sp³-hybridized carbons (Fsp3) is 0.500. The average Bonchev–Trinajstić information content (AvgIpc) is 2.98. The van der Waals surface area contributed by atoms with Crippen LogP contribution in [0.3, 0.4) is 0 Å². The third kappa shape index (κ3) is 2.12. The highest BCUT2D eigenvalue weighted by atomic mass is 17.1. The molecule has 2 aromatic rings. The summed E-state index contributed by atoms with van der Waals surface area (Å²) < 4.78 is 6.63. The van der Waals surface area contributed by atoms with E-state index in [0.717, 1.165) is 0 Å². The minimum absolute atomic E-state index is 0.0380. The number of hydrogen-bond donors (Lipinski definition) is 5. The number of imidazole rings is 1. The number of aromatic amines is 1. The summed E-state index contributed by atoms with van der Waals surface area (Å²) >= 11 is 0. The lowest BCUT2D eigenvalue weighted by atomic mass is 10.2. The Balaban J connectivity index is 2.15. The number of fused-ring (bicyclic) bond motifs is 1. The van der Waals surface area contributed by atoms with E-state index in [1.807, 2.05) is 0 Å². The number of nitrogens with one attached hydrogen (secondary N) is 1. The zero-order valence-electron chi connectivity index (χ0n) is 10.6. The van der Waals surface area contributed by atoms with Gasteiger partial charge >= 0.3 is 6.01 Å². The van der Waals surface area contributed by atoms with Gasteiger partial charge in [0.1, 0.15) is 12.3 Å². The summed E-state index contributed by atoms with van der Waals surface area (Å²) in [6.07, 6.45) is -2.43. The van der Waals surface area contributed by atoms with Crippen molar-refractivity contribution in [2.75, 3.05) is 12.3 Å². The molecule has 11 heteroatoms. The van der Waals surface area contributed by atoms with Crippen molar-refractivity contribution in [3.63, 3.8) is 0 Å². The van der Waals surface area contributed by atoms with Crippen LogP contribution in [0.4, 0.5) is 5.95 Å². The molecule has 0 aliphatic carbocycles. The SMILES string of the molecule is Nc1nc2c(nc(OO)n2[C@@H]2C[C@H](O)[C@@H](CO)O2)c(=O)[nH]1. The summed E-state index contributed by atoms with van der Waals surface area (Å²) in [5, 5.41) is 27.8. The smallest absolute Gasteiger partial charge is 0.338 e. The highest BCUT2D eigenvalue weighted by molar-refractivity contribution is 5.72. The van der Waals surface area contributed by atoms with E-state index in [1.54, 1.807) is 0 Å². The third-order valence-electron chi connectivity index (χ3n) is 3.29. The molecule has 1 aliphatic rings. The van der Waals surface area contributed by atoms with Gasteiger partial charge in [0.15, 0.2) is 11.2 Å². The van der Waals surface area contributed by atoms with Crippen molar-refractivity contribution in [3.8, 4) is 6.01 Å². The minimum Gasteiger partial charge on any atom is -0.394 e. The predicted molar refractivity (Wildman–Crippen MR) is 67.4 cm³/mol. The molecule has 0 saturated carbocycles. The molecule has 0 aromatic carbocycles. The van der Waals surface area contributed by atoms with Crippen LogP contribution in [0.15, 0.2) is 4.79 Å². The molecule has 6 N–H and O–H groups in total. The monoisotopic (exact) mass is 299 g/mol. The summed E-state index contributed by atoms with van der Waals surface area (Å²) in [6.45, 7) is -0.379. The Bertz CT molecular complexity index is 727. The largest absolute Gasteiger partial charge is 0.394 e. The number of rotatable bonds is 3. The Morgan fingerprint density at radius 3 is 2.90 bits per heavy atom. The first-order valence-corrected chi connectivity index (χ1v) is 6.08. The number of aliphatic hydroxyl groups is 2. The molecular weight excluding hydrogens is 286 g/mol. The van der Waals surface area contributed by atoms with Crippen LogP contribution in [0.1, 0.15) is 12.6 Å². The minimum atomic E-state index is -0.914. The highest BCUT2D eigenvalue weighted by Gasteiger charge is 2.37. The Labute approximate surface area is 116 Å². The molecular formula is C10H13N5O6. The Kier molecular flexibility index (Phi) is 3.25. The van der Waals surface area contributed by atoms with Crippen molar-refractivity contribution in [2.45, 2.75) is 24.9 Å². The summed E-state index contributed by atoms with van der Waals surface area (Å²) in [4.78, 5) is 25.9. The van der Waals surface area contributed by atoms with Gasteiger partial charge in [0.25, 0.3) is 5.56 Å². The number of hydrogen-bond acceptors (Lipinski definition) is 9. The maximum Gasteiger partial charge on any atom is 0.338 e. The Morgan fingerprint density at radius 2 is 2.29 bits per heavy atom. The Morgan fingerprint density at radius 1 is 1.52 bits per heavy atom. The molecule has 11 nitrogen and oxygen atoms in total. The van der Waals surface area contributed by atoms with Crippen LogP contribution in [0.5, 0.6) is 6.01 Å². The van der Waals surface area contributed by atoms with Crippen LogP contribution >= 0.6 is 0 Å². The second-order valence-electron chi connectivity index (χ2n) is 4.59. The Hall–Kier alpha value is -2.21. The summed E-state index contributed by atoms with van der Waals surface area (Å²) in [7, 11) is 0. The molecule has 1 aliphatic heterocycles. The van der Waals surface area contributed by atoms with Crippen LogP contribution in [0.25, 0.3) is 11.2 Å². The molecule has 1 saturated heterocycles. The maximum absolute atomic E-state index is 11.8. The van der Waals surface area contributed by atoms with Crippen molar-refractivity contribution in [1.29, 1.82) is 0 Å². The van der Waals surface area contributed by atoms with Gasteiger partial charge in [-0.2, -0.15) is 15.2 Å². The predicted octanol–water partition coefficient (Wildman–Crippen LogP) is -1.81. The zero-order valence-corrected chi connectivity index (χ0v) is 10.6. The summed E-state index contributed by atoms with van der Waals surface area (Å²) in [5.74, 6) is -0.143. The number of nitrogen functional groups attached to an aromatic ring is 1. The van der Waals surface area contributed by atoms with Crippen LogP contribution in [0, 0.1) is 0 Å². The molecule has 3 rings (SSSR count). The van der Waals surface area contributed by atoms with Crippen molar-refractivity contribution < 1.29 is 25.1 Å². The fourth-order valence-electron chi connectivity index (χ4n) is 2.34. The van der Waals surface area contributed by atoms with E-state index in [0.29, 0.717) is 0 Å². The van der Waals surface area contributed by atoms with Gasteiger partial charge in [-0.25, -0.2) is 4.57 Å². The van der Waals surface area contributed by atoms with E-state index < -0.39 is 24.0 Å². The van der Waals surface area contributed by atoms with Crippen LogP contribution in [-0.2, 0) is 4.74 Å². The van der Waals surface area contributed by atoms with Crippen molar-refractivity contribution in [1.82, 2.24) is 19.5 Å². The second-order valence-corrected chi connectivity index (χ2v) is 4.59. The van der Waals surface area contributed by atoms with E-state index in [2.05, 4.69) is 19.8 Å². The van der Waals surface area contributed by atoms with E-state index >= 15 is 0 Å². The fourth-order valence-corrected chi connectivity index (χ4v) is 2.34. The normalized spacial score (nSPS) is 25.6. The van der Waals surface area contributed by atoms with Gasteiger partial charge < -0.3 is 20.7 Å². The highest BCUT2D eigenvalue weighted by Crippen LogP contribution is 2.33. The molecule has 0 unspecified atom stereocenters. The lowest BCUT2D eigenvalue weighted by Gasteiger charge is -2.14. The average molecular weight is 299 g/mol. The quantitative estimate of drug-likeness (QED) is 0.324. The number of anilines is 1. The first-order chi connectivity index (χ1) is 10.0. The molecule has 1 fully saturated rings. The van der Waals surface area contributed by atoms with Crippen molar-refractivity contribution in [3.05, 3.63) is 10.4 Å². The number of ether oxygens (including phenoxy) is 1. The number of nitrogens with two attached hydrogens (primary N) is 1. The van der Waals surface area contributed by atoms with Crippen molar-refractivity contribution >= 4 is 17.1 Å². The maximum atomic E-state index is 11.8. The van der Waals surface area contributed by atoms with Gasteiger partial charge in [-0.05, 0) is 0 Å². The molecule has 0 bridgehead atoms. The summed E-state index contributed by atoms with van der Waals surface area (Å²) in [6, 6.07) is -0.329. The first kappa shape index (κ1) is 13.8. The van der Waals surface area contributed by atoms with Gasteiger partial charge in [0.05, 0.1) is 12.7 Å². The van der Waals surface area contributed by atoms with Crippen LogP contribution in [0.2, 0.25) is 0 Å². The van der Waals surface area contributed by atoms with Crippen molar-refractivity contribution in [2.24, 2.45) is 0 Å². The molecule has 2 aromatic heterocycles. The lowest BCUT2D eigenvalue weighted by Crippen LogP contribution is -2.24. The molecule has 21 heavy (non-hydrogen) atoms. The molecule has 114 valence electrons. The molecule has 0 amide bonds. The number of H-pyrrole nitrogens is 1. The van der Waals surface area contributed by atoms with E-state index in [1.165, 1.54) is 4.57 Å². The number of aliphatic hydroxyl groups excluding tert-OH is 2. The molecule has 3 atom stereocenters. The standard InChI is InChI=1S/C10H13N5O6/c11-9-13-7-6(8(18)14-9)12-10(21-19)15(7)5-1-3(17)4(2-16)20-5/h3-5,16-17,19H,1-2H2,(H3,11,13,14,18)/t3-,4+,5-/m0/s1. The second kappa shape index (κ2) is 4.96. The molecule has 0 spiro atoms. The van der Waals surface area contributed by atoms with E-state index in [9.17, 15) is 9.90 Å². The van der Waals surface area contributed by atoms with E-state index in [-0.39, 0.29) is 36.2 Å². The van der Waals surface area contributed by atoms with Gasteiger partial charge in [-0.15, -0.1) is 0 Å². The van der Waals surface area contributed by atoms with Gasteiger partial charge in [0, 0.05) is 6.42 Å².